The fourth-order valence-corrected chi connectivity index (χ4v) is 3.27. The number of ether oxygens (including phenoxy) is 2. The minimum Gasteiger partial charge on any atom is -0.480 e. The quantitative estimate of drug-likeness (QED) is 0.811. The maximum absolute atomic E-state index is 12.7. The zero-order valence-corrected chi connectivity index (χ0v) is 14.5. The van der Waals surface area contributed by atoms with Crippen molar-refractivity contribution >= 4 is 21.7 Å². The summed E-state index contributed by atoms with van der Waals surface area (Å²) in [5.41, 5.74) is 2.09. The Labute approximate surface area is 141 Å². The van der Waals surface area contributed by atoms with Crippen LogP contribution in [-0.4, -0.2) is 28.1 Å². The fourth-order valence-electron chi connectivity index (χ4n) is 2.00. The van der Waals surface area contributed by atoms with Crippen molar-refractivity contribution in [2.24, 2.45) is 0 Å². The molecule has 0 aromatic heterocycles. The second kappa shape index (κ2) is 7.35. The molecule has 0 unspecified atom stereocenters. The number of hydrogen-bond donors (Lipinski definition) is 1. The summed E-state index contributed by atoms with van der Waals surface area (Å²) in [4.78, 5) is 11.2. The number of anilines is 1. The number of benzene rings is 2. The number of hydrogen-bond acceptors (Lipinski definition) is 5. The molecule has 128 valence electrons. The number of methoxy groups -OCH3 is 1. The van der Waals surface area contributed by atoms with E-state index >= 15 is 0 Å². The van der Waals surface area contributed by atoms with Crippen molar-refractivity contribution in [2.75, 3.05) is 18.4 Å². The maximum atomic E-state index is 12.7. The largest absolute Gasteiger partial charge is 0.480 e. The predicted molar refractivity (Wildman–Crippen MR) is 90.7 cm³/mol. The van der Waals surface area contributed by atoms with Crippen LogP contribution in [0.4, 0.5) is 5.69 Å². The highest BCUT2D eigenvalue weighted by Crippen LogP contribution is 2.29. The van der Waals surface area contributed by atoms with Crippen LogP contribution in [0.15, 0.2) is 47.4 Å². The third-order valence-electron chi connectivity index (χ3n) is 3.45. The molecule has 0 bridgehead atoms. The van der Waals surface area contributed by atoms with Crippen LogP contribution >= 0.6 is 0 Å². The lowest BCUT2D eigenvalue weighted by Gasteiger charge is -2.15. The summed E-state index contributed by atoms with van der Waals surface area (Å²) >= 11 is 0. The number of sulfonamides is 1. The molecule has 0 heterocycles. The normalized spacial score (nSPS) is 11.0. The lowest BCUT2D eigenvalue weighted by atomic mass is 10.1. The van der Waals surface area contributed by atoms with Gasteiger partial charge in [0.15, 0.2) is 6.61 Å². The molecule has 6 nitrogen and oxygen atoms in total. The van der Waals surface area contributed by atoms with Gasteiger partial charge in [-0.3, -0.25) is 4.72 Å². The van der Waals surface area contributed by atoms with Gasteiger partial charge in [0.2, 0.25) is 0 Å². The van der Waals surface area contributed by atoms with E-state index in [0.717, 1.165) is 11.1 Å². The van der Waals surface area contributed by atoms with E-state index in [1.807, 2.05) is 6.92 Å². The van der Waals surface area contributed by atoms with E-state index in [0.29, 0.717) is 5.69 Å². The van der Waals surface area contributed by atoms with Crippen LogP contribution in [0.1, 0.15) is 11.1 Å². The molecule has 0 fully saturated rings. The molecule has 0 saturated carbocycles. The number of para-hydroxylation sites is 1. The van der Waals surface area contributed by atoms with Gasteiger partial charge in [-0.1, -0.05) is 18.2 Å². The maximum Gasteiger partial charge on any atom is 0.343 e. The number of aryl methyl sites for hydroxylation is 2. The molecule has 7 heteroatoms. The van der Waals surface area contributed by atoms with Gasteiger partial charge in [0.1, 0.15) is 10.6 Å². The Bertz CT molecular complexity index is 832. The van der Waals surface area contributed by atoms with Crippen LogP contribution in [-0.2, 0) is 19.6 Å². The topological polar surface area (TPSA) is 81.7 Å². The summed E-state index contributed by atoms with van der Waals surface area (Å²) in [5, 5.41) is 0. The molecule has 0 aliphatic heterocycles. The summed E-state index contributed by atoms with van der Waals surface area (Å²) in [5.74, 6) is -0.487. The van der Waals surface area contributed by atoms with Crippen LogP contribution in [0.2, 0.25) is 0 Å². The zero-order valence-electron chi connectivity index (χ0n) is 13.7. The summed E-state index contributed by atoms with van der Waals surface area (Å²) < 4.78 is 37.8. The van der Waals surface area contributed by atoms with Crippen LogP contribution in [0.5, 0.6) is 5.75 Å². The van der Waals surface area contributed by atoms with E-state index in [-0.39, 0.29) is 17.3 Å². The molecule has 2 aromatic rings. The van der Waals surface area contributed by atoms with Crippen molar-refractivity contribution in [3.05, 3.63) is 53.6 Å². The van der Waals surface area contributed by atoms with Gasteiger partial charge in [0.05, 0.1) is 7.11 Å². The first-order valence-corrected chi connectivity index (χ1v) is 8.70. The minimum absolute atomic E-state index is 0.0293. The molecule has 1 N–H and O–H groups in total. The zero-order chi connectivity index (χ0) is 17.7. The average Bonchev–Trinajstić information content (AvgIpc) is 2.55. The number of rotatable bonds is 6. The summed E-state index contributed by atoms with van der Waals surface area (Å²) in [6.07, 6.45) is 0. The minimum atomic E-state index is -3.86. The van der Waals surface area contributed by atoms with Gasteiger partial charge in [-0.15, -0.1) is 0 Å². The van der Waals surface area contributed by atoms with Crippen LogP contribution in [0, 0.1) is 13.8 Å². The van der Waals surface area contributed by atoms with Crippen LogP contribution in [0.25, 0.3) is 0 Å². The van der Waals surface area contributed by atoms with Gasteiger partial charge < -0.3 is 9.47 Å². The van der Waals surface area contributed by atoms with Crippen LogP contribution in [0.3, 0.4) is 0 Å². The molecular formula is C17H19NO5S. The average molecular weight is 349 g/mol. The summed E-state index contributed by atoms with van der Waals surface area (Å²) in [6, 6.07) is 11.7. The molecule has 0 aliphatic carbocycles. The van der Waals surface area contributed by atoms with E-state index < -0.39 is 16.0 Å². The van der Waals surface area contributed by atoms with Crippen molar-refractivity contribution in [2.45, 2.75) is 18.7 Å². The van der Waals surface area contributed by atoms with Gasteiger partial charge in [0.25, 0.3) is 10.0 Å². The molecule has 2 aromatic carbocycles. The Balaban J connectivity index is 2.39. The molecule has 0 spiro atoms. The molecule has 2 rings (SSSR count). The Kier molecular flexibility index (Phi) is 5.46. The molecule has 0 saturated heterocycles. The molecule has 0 aliphatic rings. The number of carbonyl (C=O) groups excluding carboxylic acids is 1. The summed E-state index contributed by atoms with van der Waals surface area (Å²) in [7, 11) is -2.63. The highest BCUT2D eigenvalue weighted by atomic mass is 32.2. The molecule has 0 atom stereocenters. The first kappa shape index (κ1) is 17.8. The Morgan fingerprint density at radius 3 is 2.33 bits per heavy atom. The third kappa shape index (κ3) is 4.26. The third-order valence-corrected chi connectivity index (χ3v) is 4.85. The Hall–Kier alpha value is -2.54. The monoisotopic (exact) mass is 349 g/mol. The van der Waals surface area contributed by atoms with Gasteiger partial charge in [-0.2, -0.15) is 0 Å². The Morgan fingerprint density at radius 1 is 1.08 bits per heavy atom. The van der Waals surface area contributed by atoms with E-state index in [9.17, 15) is 13.2 Å². The number of esters is 1. The van der Waals surface area contributed by atoms with Crippen LogP contribution < -0.4 is 9.46 Å². The lowest BCUT2D eigenvalue weighted by Crippen LogP contribution is -2.18. The van der Waals surface area contributed by atoms with E-state index in [1.165, 1.54) is 13.2 Å². The highest BCUT2D eigenvalue weighted by molar-refractivity contribution is 7.92. The van der Waals surface area contributed by atoms with Gasteiger partial charge in [-0.05, 0) is 49.2 Å². The number of nitrogens with one attached hydrogen (secondary N) is 1. The SMILES string of the molecule is COC(=O)COc1cc(C)c(C)cc1S(=O)(=O)Nc1ccccc1. The second-order valence-electron chi connectivity index (χ2n) is 5.22. The van der Waals surface area contributed by atoms with Crippen molar-refractivity contribution in [3.63, 3.8) is 0 Å². The molecule has 0 amide bonds. The highest BCUT2D eigenvalue weighted by Gasteiger charge is 2.22. The standard InChI is InChI=1S/C17H19NO5S/c1-12-9-15(23-11-17(19)22-3)16(10-13(12)2)24(20,21)18-14-7-5-4-6-8-14/h4-10,18H,11H2,1-3H3. The first-order valence-electron chi connectivity index (χ1n) is 7.22. The predicted octanol–water partition coefficient (Wildman–Crippen LogP) is 2.66. The smallest absolute Gasteiger partial charge is 0.343 e. The summed E-state index contributed by atoms with van der Waals surface area (Å²) in [6.45, 7) is 3.27. The van der Waals surface area contributed by atoms with Crippen molar-refractivity contribution in [3.8, 4) is 5.75 Å². The van der Waals surface area contributed by atoms with Crippen molar-refractivity contribution in [1.29, 1.82) is 0 Å². The molecule has 0 radical (unpaired) electrons. The first-order chi connectivity index (χ1) is 11.3. The number of carbonyl (C=O) groups is 1. The molecular weight excluding hydrogens is 330 g/mol. The van der Waals surface area contributed by atoms with E-state index in [1.54, 1.807) is 43.3 Å². The second-order valence-corrected chi connectivity index (χ2v) is 6.87. The van der Waals surface area contributed by atoms with E-state index in [2.05, 4.69) is 9.46 Å². The lowest BCUT2D eigenvalue weighted by molar-refractivity contribution is -0.142. The van der Waals surface area contributed by atoms with Gasteiger partial charge in [-0.25, -0.2) is 13.2 Å². The Morgan fingerprint density at radius 2 is 1.71 bits per heavy atom. The van der Waals surface area contributed by atoms with Gasteiger partial charge >= 0.3 is 5.97 Å². The van der Waals surface area contributed by atoms with Gasteiger partial charge in [0, 0.05) is 5.69 Å². The molecule has 24 heavy (non-hydrogen) atoms. The van der Waals surface area contributed by atoms with E-state index in [4.69, 9.17) is 4.74 Å². The van der Waals surface area contributed by atoms with Crippen molar-refractivity contribution < 1.29 is 22.7 Å². The van der Waals surface area contributed by atoms with Crippen molar-refractivity contribution in [1.82, 2.24) is 0 Å². The fraction of sp³-hybridized carbons (Fsp3) is 0.235.